The Bertz CT molecular complexity index is 744. The van der Waals surface area contributed by atoms with E-state index in [4.69, 9.17) is 5.73 Å². The molecule has 1 saturated heterocycles. The summed E-state index contributed by atoms with van der Waals surface area (Å²) in [6.07, 6.45) is 3.37. The standard InChI is InChI=1S/C21H25N3O2/c22-20(25)14-19-8-4-5-13-24(19)15-21(26)23-18-11-9-17(10-12-18)16-6-2-1-3-7-16/h1-3,6-7,9-12,19H,4-5,8,13-15H2,(H2,22,25)(H,23,26). The van der Waals surface area contributed by atoms with E-state index in [9.17, 15) is 9.59 Å². The van der Waals surface area contributed by atoms with Gasteiger partial charge in [-0.05, 0) is 42.6 Å². The molecular weight excluding hydrogens is 326 g/mol. The third-order valence-corrected chi connectivity index (χ3v) is 4.81. The van der Waals surface area contributed by atoms with Crippen LogP contribution in [0.3, 0.4) is 0 Å². The molecule has 3 rings (SSSR count). The van der Waals surface area contributed by atoms with Crippen molar-refractivity contribution in [3.63, 3.8) is 0 Å². The Morgan fingerprint density at radius 3 is 2.38 bits per heavy atom. The van der Waals surface area contributed by atoms with Gasteiger partial charge in [-0.2, -0.15) is 0 Å². The zero-order valence-corrected chi connectivity index (χ0v) is 14.9. The first-order chi connectivity index (χ1) is 12.6. The Hall–Kier alpha value is -2.66. The monoisotopic (exact) mass is 351 g/mol. The zero-order valence-electron chi connectivity index (χ0n) is 14.9. The first-order valence-electron chi connectivity index (χ1n) is 9.09. The third-order valence-electron chi connectivity index (χ3n) is 4.81. The van der Waals surface area contributed by atoms with Crippen LogP contribution in [0.1, 0.15) is 25.7 Å². The molecule has 5 nitrogen and oxygen atoms in total. The minimum absolute atomic E-state index is 0.0613. The maximum atomic E-state index is 12.4. The molecule has 2 aromatic rings. The zero-order chi connectivity index (χ0) is 18.4. The molecule has 0 saturated carbocycles. The molecule has 1 fully saturated rings. The van der Waals surface area contributed by atoms with Crippen LogP contribution in [-0.4, -0.2) is 35.8 Å². The van der Waals surface area contributed by atoms with Crippen LogP contribution in [0.5, 0.6) is 0 Å². The van der Waals surface area contributed by atoms with Crippen LogP contribution >= 0.6 is 0 Å². The Morgan fingerprint density at radius 2 is 1.69 bits per heavy atom. The molecule has 1 atom stereocenters. The van der Waals surface area contributed by atoms with Gasteiger partial charge < -0.3 is 11.1 Å². The topological polar surface area (TPSA) is 75.4 Å². The Kier molecular flexibility index (Phi) is 6.02. The van der Waals surface area contributed by atoms with Crippen molar-refractivity contribution >= 4 is 17.5 Å². The second-order valence-electron chi connectivity index (χ2n) is 6.78. The summed E-state index contributed by atoms with van der Waals surface area (Å²) in [6.45, 7) is 1.12. The fourth-order valence-corrected chi connectivity index (χ4v) is 3.49. The van der Waals surface area contributed by atoms with Crippen molar-refractivity contribution in [2.24, 2.45) is 5.73 Å². The largest absolute Gasteiger partial charge is 0.370 e. The van der Waals surface area contributed by atoms with Crippen molar-refractivity contribution in [1.82, 2.24) is 4.90 Å². The van der Waals surface area contributed by atoms with Crippen molar-refractivity contribution in [1.29, 1.82) is 0 Å². The lowest BCUT2D eigenvalue weighted by atomic mass is 9.99. The van der Waals surface area contributed by atoms with Gasteiger partial charge in [0, 0.05) is 18.2 Å². The number of primary amides is 1. The van der Waals surface area contributed by atoms with Crippen molar-refractivity contribution in [3.8, 4) is 11.1 Å². The number of nitrogens with two attached hydrogens (primary N) is 1. The van der Waals surface area contributed by atoms with Crippen molar-refractivity contribution in [2.45, 2.75) is 31.7 Å². The lowest BCUT2D eigenvalue weighted by Gasteiger charge is -2.34. The molecular formula is C21H25N3O2. The normalized spacial score (nSPS) is 17.6. The molecule has 0 aliphatic carbocycles. The number of hydrogen-bond acceptors (Lipinski definition) is 3. The number of anilines is 1. The van der Waals surface area contributed by atoms with E-state index in [1.165, 1.54) is 0 Å². The van der Waals surface area contributed by atoms with E-state index >= 15 is 0 Å². The molecule has 26 heavy (non-hydrogen) atoms. The maximum absolute atomic E-state index is 12.4. The number of carbonyl (C=O) groups excluding carboxylic acids is 2. The average molecular weight is 351 g/mol. The van der Waals surface area contributed by atoms with Crippen LogP contribution in [-0.2, 0) is 9.59 Å². The summed E-state index contributed by atoms with van der Waals surface area (Å²) in [6, 6.07) is 18.0. The Morgan fingerprint density at radius 1 is 1.00 bits per heavy atom. The van der Waals surface area contributed by atoms with Gasteiger partial charge in [0.15, 0.2) is 0 Å². The molecule has 1 heterocycles. The van der Waals surface area contributed by atoms with Gasteiger partial charge in [-0.15, -0.1) is 0 Å². The average Bonchev–Trinajstić information content (AvgIpc) is 2.64. The number of nitrogens with one attached hydrogen (secondary N) is 1. The SMILES string of the molecule is NC(=O)CC1CCCCN1CC(=O)Nc1ccc(-c2ccccc2)cc1. The fourth-order valence-electron chi connectivity index (χ4n) is 3.49. The van der Waals surface area contributed by atoms with Crippen LogP contribution < -0.4 is 11.1 Å². The highest BCUT2D eigenvalue weighted by atomic mass is 16.2. The van der Waals surface area contributed by atoms with Gasteiger partial charge in [-0.25, -0.2) is 0 Å². The van der Waals surface area contributed by atoms with Gasteiger partial charge in [0.1, 0.15) is 0 Å². The van der Waals surface area contributed by atoms with E-state index in [1.54, 1.807) is 0 Å². The second-order valence-corrected chi connectivity index (χ2v) is 6.78. The number of piperidine rings is 1. The van der Waals surface area contributed by atoms with E-state index < -0.39 is 0 Å². The Labute approximate surface area is 154 Å². The minimum Gasteiger partial charge on any atom is -0.370 e. The molecule has 1 aliphatic heterocycles. The quantitative estimate of drug-likeness (QED) is 0.840. The molecule has 2 amide bonds. The highest BCUT2D eigenvalue weighted by Crippen LogP contribution is 2.22. The number of carbonyl (C=O) groups is 2. The van der Waals surface area contributed by atoms with Gasteiger partial charge in [0.25, 0.3) is 0 Å². The van der Waals surface area contributed by atoms with E-state index in [0.717, 1.165) is 42.6 Å². The van der Waals surface area contributed by atoms with Gasteiger partial charge in [0.05, 0.1) is 6.54 Å². The van der Waals surface area contributed by atoms with Crippen molar-refractivity contribution in [2.75, 3.05) is 18.4 Å². The molecule has 1 unspecified atom stereocenters. The highest BCUT2D eigenvalue weighted by Gasteiger charge is 2.25. The van der Waals surface area contributed by atoms with Crippen LogP contribution in [0, 0.1) is 0 Å². The fraction of sp³-hybridized carbons (Fsp3) is 0.333. The lowest BCUT2D eigenvalue weighted by molar-refractivity contribution is -0.122. The first-order valence-corrected chi connectivity index (χ1v) is 9.09. The molecule has 0 aromatic heterocycles. The molecule has 5 heteroatoms. The molecule has 2 aromatic carbocycles. The summed E-state index contributed by atoms with van der Waals surface area (Å²) in [5.74, 6) is -0.368. The van der Waals surface area contributed by atoms with E-state index in [1.807, 2.05) is 42.5 Å². The number of hydrogen-bond donors (Lipinski definition) is 2. The minimum atomic E-state index is -0.307. The smallest absolute Gasteiger partial charge is 0.238 e. The van der Waals surface area contributed by atoms with Gasteiger partial charge in [-0.1, -0.05) is 48.9 Å². The molecule has 0 spiro atoms. The van der Waals surface area contributed by atoms with Gasteiger partial charge in [-0.3, -0.25) is 14.5 Å². The van der Waals surface area contributed by atoms with Crippen molar-refractivity contribution in [3.05, 3.63) is 54.6 Å². The summed E-state index contributed by atoms with van der Waals surface area (Å²) in [5.41, 5.74) is 8.37. The van der Waals surface area contributed by atoms with Crippen LogP contribution in [0.25, 0.3) is 11.1 Å². The first kappa shape index (κ1) is 18.1. The van der Waals surface area contributed by atoms with Crippen LogP contribution in [0.15, 0.2) is 54.6 Å². The molecule has 0 radical (unpaired) electrons. The number of rotatable bonds is 6. The number of amides is 2. The predicted molar refractivity (Wildman–Crippen MR) is 104 cm³/mol. The highest BCUT2D eigenvalue weighted by molar-refractivity contribution is 5.92. The summed E-state index contributed by atoms with van der Waals surface area (Å²) < 4.78 is 0. The third kappa shape index (κ3) is 4.92. The molecule has 3 N–H and O–H groups in total. The molecule has 1 aliphatic rings. The molecule has 136 valence electrons. The maximum Gasteiger partial charge on any atom is 0.238 e. The van der Waals surface area contributed by atoms with Crippen LogP contribution in [0.2, 0.25) is 0 Å². The van der Waals surface area contributed by atoms with Crippen molar-refractivity contribution < 1.29 is 9.59 Å². The number of benzene rings is 2. The number of likely N-dealkylation sites (tertiary alicyclic amines) is 1. The summed E-state index contributed by atoms with van der Waals surface area (Å²) in [7, 11) is 0. The van der Waals surface area contributed by atoms with E-state index in [2.05, 4.69) is 22.3 Å². The predicted octanol–water partition coefficient (Wildman–Crippen LogP) is 3.02. The lowest BCUT2D eigenvalue weighted by Crippen LogP contribution is -2.45. The Balaban J connectivity index is 1.58. The van der Waals surface area contributed by atoms with Gasteiger partial charge >= 0.3 is 0 Å². The molecule has 0 bridgehead atoms. The summed E-state index contributed by atoms with van der Waals surface area (Å²) in [4.78, 5) is 25.7. The summed E-state index contributed by atoms with van der Waals surface area (Å²) >= 11 is 0. The summed E-state index contributed by atoms with van der Waals surface area (Å²) in [5, 5.41) is 2.94. The second kappa shape index (κ2) is 8.63. The van der Waals surface area contributed by atoms with E-state index in [0.29, 0.717) is 13.0 Å². The number of nitrogens with zero attached hydrogens (tertiary/aromatic N) is 1. The van der Waals surface area contributed by atoms with Crippen LogP contribution in [0.4, 0.5) is 5.69 Å². The van der Waals surface area contributed by atoms with E-state index in [-0.39, 0.29) is 17.9 Å². The van der Waals surface area contributed by atoms with Gasteiger partial charge in [0.2, 0.25) is 11.8 Å².